The summed E-state index contributed by atoms with van der Waals surface area (Å²) in [4.78, 5) is 25.4. The van der Waals surface area contributed by atoms with E-state index < -0.39 is 0 Å². The van der Waals surface area contributed by atoms with Crippen LogP contribution in [0.1, 0.15) is 17.1 Å². The van der Waals surface area contributed by atoms with E-state index in [1.807, 2.05) is 0 Å². The van der Waals surface area contributed by atoms with Crippen molar-refractivity contribution in [3.05, 3.63) is 35.7 Å². The third-order valence-electron chi connectivity index (χ3n) is 5.61. The summed E-state index contributed by atoms with van der Waals surface area (Å²) in [6, 6.07) is -0.0694. The van der Waals surface area contributed by atoms with E-state index in [2.05, 4.69) is 60.8 Å². The van der Waals surface area contributed by atoms with Gasteiger partial charge in [-0.3, -0.25) is 0 Å². The van der Waals surface area contributed by atoms with E-state index >= 15 is 0 Å². The maximum absolute atomic E-state index is 5.76. The second kappa shape index (κ2) is 11.4. The number of hydrogen-bond donors (Lipinski definition) is 0. The van der Waals surface area contributed by atoms with E-state index in [-0.39, 0.29) is 75.7 Å². The molecule has 0 spiro atoms. The molecule has 0 aromatic carbocycles. The van der Waals surface area contributed by atoms with E-state index in [0.29, 0.717) is 36.7 Å². The Morgan fingerprint density at radius 1 is 0.405 bits per heavy atom. The molecule has 0 aliphatic carbocycles. The minimum Gasteiger partial charge on any atom is -0.461 e. The fourth-order valence-electron chi connectivity index (χ4n) is 3.68. The monoisotopic (exact) mass is 579 g/mol. The summed E-state index contributed by atoms with van der Waals surface area (Å²) in [5, 5.41) is 24.6. The van der Waals surface area contributed by atoms with Crippen LogP contribution in [0.2, 0.25) is 0 Å². The fourth-order valence-corrected chi connectivity index (χ4v) is 3.68. The zero-order chi connectivity index (χ0) is 28.1. The minimum absolute atomic E-state index is 0.0151. The highest BCUT2D eigenvalue weighted by Crippen LogP contribution is 2.18. The van der Waals surface area contributed by atoms with E-state index in [1.54, 1.807) is 32.6 Å². The Hall–Kier alpha value is -5.76. The lowest BCUT2D eigenvalue weighted by molar-refractivity contribution is 0.216. The molecule has 12 bridgehead atoms. The van der Waals surface area contributed by atoms with Crippen molar-refractivity contribution in [2.24, 2.45) is 0 Å². The molecule has 21 nitrogen and oxygen atoms in total. The Morgan fingerprint density at radius 3 is 1.00 bits per heavy atom. The Kier molecular flexibility index (Phi) is 6.84. The Balaban J connectivity index is 1.24. The van der Waals surface area contributed by atoms with Gasteiger partial charge in [0.1, 0.15) is 56.7 Å². The highest BCUT2D eigenvalue weighted by atomic mass is 16.5. The molecule has 5 aromatic rings. The highest BCUT2D eigenvalue weighted by Gasteiger charge is 2.16. The van der Waals surface area contributed by atoms with E-state index in [9.17, 15) is 0 Å². The normalized spacial score (nSPS) is 15.4. The maximum Gasteiger partial charge on any atom is 0.326 e. The first kappa shape index (κ1) is 25.2. The maximum atomic E-state index is 5.76. The van der Waals surface area contributed by atoms with Gasteiger partial charge in [-0.05, 0) is 0 Å². The molecule has 0 amide bonds. The predicted octanol–water partition coefficient (Wildman–Crippen LogP) is -1.57. The van der Waals surface area contributed by atoms with Gasteiger partial charge in [-0.1, -0.05) is 15.6 Å². The molecule has 3 aliphatic rings. The lowest BCUT2D eigenvalue weighted by atomic mass is 10.5. The topological polar surface area (TPSA) is 225 Å². The Labute approximate surface area is 234 Å². The van der Waals surface area contributed by atoms with Crippen molar-refractivity contribution < 1.29 is 28.4 Å². The van der Waals surface area contributed by atoms with Crippen molar-refractivity contribution in [2.75, 3.05) is 19.8 Å². The molecule has 0 fully saturated rings. The third kappa shape index (κ3) is 6.18. The molecule has 0 atom stereocenters. The van der Waals surface area contributed by atoms with Gasteiger partial charge in [0.05, 0.1) is 38.2 Å². The SMILES string of the molecule is c1c2nnn1CCOc1nc3nc(n1)OCCn1cc(nn1)COc1nc(nc(n1)OCc1cn(nn1)CCO3)OC2. The van der Waals surface area contributed by atoms with Crippen LogP contribution < -0.4 is 28.4 Å². The highest BCUT2D eigenvalue weighted by molar-refractivity contribution is 5.11. The van der Waals surface area contributed by atoms with Crippen LogP contribution in [0, 0.1) is 0 Å². The van der Waals surface area contributed by atoms with Crippen LogP contribution in [-0.2, 0) is 39.5 Å². The van der Waals surface area contributed by atoms with Gasteiger partial charge >= 0.3 is 36.1 Å². The molecule has 5 aromatic heterocycles. The molecule has 42 heavy (non-hydrogen) atoms. The van der Waals surface area contributed by atoms with Crippen molar-refractivity contribution in [1.29, 1.82) is 0 Å². The summed E-state index contributed by atoms with van der Waals surface area (Å²) in [7, 11) is 0. The molecule has 216 valence electrons. The largest absolute Gasteiger partial charge is 0.461 e. The molecule has 8 heterocycles. The summed E-state index contributed by atoms with van der Waals surface area (Å²) in [5.41, 5.74) is 1.55. The van der Waals surface area contributed by atoms with Gasteiger partial charge in [-0.15, -0.1) is 45.2 Å². The Morgan fingerprint density at radius 2 is 0.690 bits per heavy atom. The number of ether oxygens (including phenoxy) is 6. The first-order chi connectivity index (χ1) is 20.7. The number of aromatic nitrogens is 15. The van der Waals surface area contributed by atoms with Crippen molar-refractivity contribution in [3.8, 4) is 36.1 Å². The van der Waals surface area contributed by atoms with Crippen LogP contribution in [0.5, 0.6) is 36.1 Å². The van der Waals surface area contributed by atoms with Crippen molar-refractivity contribution in [3.63, 3.8) is 0 Å². The van der Waals surface area contributed by atoms with E-state index in [0.717, 1.165) is 0 Å². The molecule has 0 saturated heterocycles. The molecular weight excluding hydrogens is 558 g/mol. The summed E-state index contributed by atoms with van der Waals surface area (Å²) in [6.07, 6.45) is 5.08. The molecule has 8 rings (SSSR count). The van der Waals surface area contributed by atoms with Gasteiger partial charge in [-0.25, -0.2) is 14.0 Å². The first-order valence-electron chi connectivity index (χ1n) is 12.7. The average Bonchev–Trinajstić information content (AvgIpc) is 3.75. The first-order valence-corrected chi connectivity index (χ1v) is 12.7. The van der Waals surface area contributed by atoms with Gasteiger partial charge in [0, 0.05) is 0 Å². The van der Waals surface area contributed by atoms with Crippen LogP contribution in [0.15, 0.2) is 18.6 Å². The van der Waals surface area contributed by atoms with Crippen LogP contribution in [0.4, 0.5) is 0 Å². The lowest BCUT2D eigenvalue weighted by Gasteiger charge is -2.10. The van der Waals surface area contributed by atoms with Crippen molar-refractivity contribution in [2.45, 2.75) is 39.5 Å². The van der Waals surface area contributed by atoms with Gasteiger partial charge in [0.2, 0.25) is 0 Å². The summed E-state index contributed by atoms with van der Waals surface area (Å²) >= 11 is 0. The van der Waals surface area contributed by atoms with Crippen LogP contribution in [0.3, 0.4) is 0 Å². The number of rotatable bonds is 0. The van der Waals surface area contributed by atoms with Crippen LogP contribution in [-0.4, -0.2) is 94.7 Å². The van der Waals surface area contributed by atoms with E-state index in [4.69, 9.17) is 28.4 Å². The van der Waals surface area contributed by atoms with Crippen LogP contribution in [0.25, 0.3) is 0 Å². The van der Waals surface area contributed by atoms with Gasteiger partial charge in [-0.2, -0.15) is 0 Å². The standard InChI is InChI=1S/C21H21N15O6/c1-4-37-16-22-17-24-18(23-16)39-6-3-36-9-15(30-33-36)12-42-21-26-19(40-10-13-7-34(1)31-28-13)25-20(27-21)41-11-14-8-35(32-29-14)2-5-38-17/h7-9H,1-6,10-12H2. The second-order valence-corrected chi connectivity index (χ2v) is 8.70. The van der Waals surface area contributed by atoms with E-state index in [1.165, 1.54) is 0 Å². The second-order valence-electron chi connectivity index (χ2n) is 8.70. The summed E-state index contributed by atoms with van der Waals surface area (Å²) in [5.74, 6) is 0. The molecular formula is C21H21N15O6. The number of hydrogen-bond acceptors (Lipinski definition) is 18. The molecule has 0 N–H and O–H groups in total. The lowest BCUT2D eigenvalue weighted by Crippen LogP contribution is -2.15. The zero-order valence-electron chi connectivity index (χ0n) is 21.8. The zero-order valence-corrected chi connectivity index (χ0v) is 21.8. The van der Waals surface area contributed by atoms with Gasteiger partial charge in [0.15, 0.2) is 0 Å². The van der Waals surface area contributed by atoms with Crippen LogP contribution >= 0.6 is 0 Å². The Bertz CT molecular complexity index is 1460. The molecule has 0 radical (unpaired) electrons. The summed E-state index contributed by atoms with van der Waals surface area (Å²) < 4.78 is 39.3. The third-order valence-corrected chi connectivity index (χ3v) is 5.61. The molecule has 21 heteroatoms. The number of nitrogens with zero attached hydrogens (tertiary/aromatic N) is 15. The average molecular weight is 579 g/mol. The van der Waals surface area contributed by atoms with Gasteiger partial charge < -0.3 is 28.4 Å². The number of fused-ring (bicyclic) bond motifs is 9. The van der Waals surface area contributed by atoms with Crippen molar-refractivity contribution in [1.82, 2.24) is 74.9 Å². The molecule has 0 unspecified atom stereocenters. The predicted molar refractivity (Wildman–Crippen MR) is 129 cm³/mol. The molecule has 3 aliphatic heterocycles. The summed E-state index contributed by atoms with van der Waals surface area (Å²) in [6.45, 7) is 1.59. The smallest absolute Gasteiger partial charge is 0.326 e. The quantitative estimate of drug-likeness (QED) is 0.202. The van der Waals surface area contributed by atoms with Gasteiger partial charge in [0.25, 0.3) is 0 Å². The fraction of sp³-hybridized carbons (Fsp3) is 0.429. The molecule has 0 saturated carbocycles. The van der Waals surface area contributed by atoms with Crippen molar-refractivity contribution >= 4 is 0 Å². The minimum atomic E-state index is -0.0415.